The minimum Gasteiger partial charge on any atom is -0.390 e. The molecule has 0 radical (unpaired) electrons. The summed E-state index contributed by atoms with van der Waals surface area (Å²) in [6.07, 6.45) is -7.09. The molecule has 2 aromatic rings. The molecule has 0 atom stereocenters. The van der Waals surface area contributed by atoms with Crippen molar-refractivity contribution in [3.05, 3.63) is 59.2 Å². The van der Waals surface area contributed by atoms with E-state index >= 15 is 0 Å². The van der Waals surface area contributed by atoms with Gasteiger partial charge in [0.1, 0.15) is 0 Å². The van der Waals surface area contributed by atoms with Gasteiger partial charge in [0.05, 0.1) is 29.1 Å². The van der Waals surface area contributed by atoms with Gasteiger partial charge in [-0.1, -0.05) is 22.6 Å². The molecule has 3 nitrogen and oxygen atoms in total. The van der Waals surface area contributed by atoms with E-state index in [0.29, 0.717) is 16.3 Å². The highest BCUT2D eigenvalue weighted by Gasteiger charge is 2.31. The predicted molar refractivity (Wildman–Crippen MR) is 82.1 cm³/mol. The van der Waals surface area contributed by atoms with Crippen molar-refractivity contribution in [1.29, 1.82) is 0 Å². The van der Waals surface area contributed by atoms with Crippen molar-refractivity contribution in [2.45, 2.75) is 23.4 Å². The summed E-state index contributed by atoms with van der Waals surface area (Å²) < 4.78 is 72.3. The van der Waals surface area contributed by atoms with Crippen LogP contribution in [0.4, 0.5) is 26.3 Å². The fourth-order valence-corrected chi connectivity index (χ4v) is 1.81. The molecule has 1 N–H and O–H groups in total. The summed E-state index contributed by atoms with van der Waals surface area (Å²) in [5.74, 6) is 0. The Balaban J connectivity index is 0.000000240. The lowest BCUT2D eigenvalue weighted by molar-refractivity contribution is -0.138. The first kappa shape index (κ1) is 20.6. The highest BCUT2D eigenvalue weighted by atomic mass is 127. The van der Waals surface area contributed by atoms with Crippen molar-refractivity contribution in [2.24, 2.45) is 0 Å². The lowest BCUT2D eigenvalue weighted by Crippen LogP contribution is -2.05. The lowest BCUT2D eigenvalue weighted by atomic mass is 10.2. The molecule has 2 heterocycles. The molecule has 0 aliphatic carbocycles. The van der Waals surface area contributed by atoms with Gasteiger partial charge in [-0.25, -0.2) is 0 Å². The molecule has 0 fully saturated rings. The molecule has 0 spiro atoms. The Morgan fingerprint density at radius 3 is 1.46 bits per heavy atom. The van der Waals surface area contributed by atoms with Crippen LogP contribution >= 0.6 is 22.6 Å². The average molecular weight is 464 g/mol. The number of aliphatic hydroxyl groups excluding tert-OH is 1. The zero-order chi connectivity index (χ0) is 18.4. The third-order valence-corrected chi connectivity index (χ3v) is 3.38. The van der Waals surface area contributed by atoms with E-state index in [1.807, 2.05) is 22.6 Å². The van der Waals surface area contributed by atoms with E-state index in [4.69, 9.17) is 5.11 Å². The van der Waals surface area contributed by atoms with E-state index in [-0.39, 0.29) is 12.3 Å². The molecule has 2 rings (SSSR count). The minimum absolute atomic E-state index is 0.225. The molecule has 0 aliphatic heterocycles. The topological polar surface area (TPSA) is 46.0 Å². The van der Waals surface area contributed by atoms with Gasteiger partial charge < -0.3 is 5.11 Å². The van der Waals surface area contributed by atoms with E-state index in [1.54, 1.807) is 0 Å². The van der Waals surface area contributed by atoms with Crippen LogP contribution in [-0.4, -0.2) is 15.1 Å². The van der Waals surface area contributed by atoms with Crippen molar-refractivity contribution in [1.82, 2.24) is 9.97 Å². The second kappa shape index (κ2) is 8.60. The minimum atomic E-state index is -4.36. The zero-order valence-corrected chi connectivity index (χ0v) is 14.0. The van der Waals surface area contributed by atoms with Gasteiger partial charge in [0.2, 0.25) is 0 Å². The van der Waals surface area contributed by atoms with E-state index in [2.05, 4.69) is 9.97 Å². The number of hydrogen-bond acceptors (Lipinski definition) is 3. The average Bonchev–Trinajstić information content (AvgIpc) is 2.54. The quantitative estimate of drug-likeness (QED) is 0.401. The first-order valence-corrected chi connectivity index (χ1v) is 7.81. The highest BCUT2D eigenvalue weighted by molar-refractivity contribution is 14.1. The lowest BCUT2D eigenvalue weighted by Gasteiger charge is -2.05. The van der Waals surface area contributed by atoms with Crippen LogP contribution in [0.15, 0.2) is 36.7 Å². The van der Waals surface area contributed by atoms with Crippen molar-refractivity contribution in [3.8, 4) is 0 Å². The summed E-state index contributed by atoms with van der Waals surface area (Å²) in [6, 6.07) is 4.46. The molecule has 2 aromatic heterocycles. The molecule has 0 aromatic carbocycles. The van der Waals surface area contributed by atoms with Crippen LogP contribution in [-0.2, 0) is 23.4 Å². The molecule has 132 valence electrons. The fourth-order valence-electron chi connectivity index (χ4n) is 1.36. The summed E-state index contributed by atoms with van der Waals surface area (Å²) >= 11 is 2.04. The number of hydrogen-bond donors (Lipinski definition) is 1. The first-order valence-electron chi connectivity index (χ1n) is 6.29. The summed E-state index contributed by atoms with van der Waals surface area (Å²) in [4.78, 5) is 7.03. The van der Waals surface area contributed by atoms with Crippen molar-refractivity contribution in [3.63, 3.8) is 0 Å². The van der Waals surface area contributed by atoms with Gasteiger partial charge in [-0.05, 0) is 24.3 Å². The second-order valence-corrected chi connectivity index (χ2v) is 5.13. The molecule has 0 bridgehead atoms. The molecule has 0 saturated heterocycles. The van der Waals surface area contributed by atoms with Gasteiger partial charge in [0.25, 0.3) is 0 Å². The summed E-state index contributed by atoms with van der Waals surface area (Å²) in [5, 5.41) is 8.49. The van der Waals surface area contributed by atoms with E-state index < -0.39 is 23.5 Å². The number of halogens is 7. The zero-order valence-electron chi connectivity index (χ0n) is 11.9. The molecule has 0 saturated carbocycles. The Bertz CT molecular complexity index is 568. The van der Waals surface area contributed by atoms with Gasteiger partial charge in [-0.2, -0.15) is 26.3 Å². The van der Waals surface area contributed by atoms with Gasteiger partial charge in [0.15, 0.2) is 0 Å². The fraction of sp³-hybridized carbons (Fsp3) is 0.286. The normalized spacial score (nSPS) is 11.7. The number of rotatable bonds is 2. The van der Waals surface area contributed by atoms with Crippen LogP contribution in [0.25, 0.3) is 0 Å². The van der Waals surface area contributed by atoms with Gasteiger partial charge in [-0.15, -0.1) is 0 Å². The molecule has 0 aliphatic rings. The monoisotopic (exact) mass is 464 g/mol. The third kappa shape index (κ3) is 6.59. The van der Waals surface area contributed by atoms with Gasteiger partial charge in [-0.3, -0.25) is 9.97 Å². The molecular formula is C14H11F6IN2O. The smallest absolute Gasteiger partial charge is 0.390 e. The maximum absolute atomic E-state index is 12.0. The van der Waals surface area contributed by atoms with Crippen LogP contribution < -0.4 is 0 Å². The van der Waals surface area contributed by atoms with E-state index in [1.165, 1.54) is 6.07 Å². The van der Waals surface area contributed by atoms with Crippen LogP contribution in [0.3, 0.4) is 0 Å². The van der Waals surface area contributed by atoms with E-state index in [9.17, 15) is 26.3 Å². The summed E-state index contributed by atoms with van der Waals surface area (Å²) in [6.45, 7) is -0.349. The second-order valence-electron chi connectivity index (χ2n) is 4.36. The number of aliphatic hydroxyl groups is 1. The molecule has 24 heavy (non-hydrogen) atoms. The molecule has 0 amide bonds. The van der Waals surface area contributed by atoms with Crippen molar-refractivity contribution < 1.29 is 31.4 Å². The van der Waals surface area contributed by atoms with Gasteiger partial charge >= 0.3 is 12.4 Å². The summed E-state index contributed by atoms with van der Waals surface area (Å²) in [5.41, 5.74) is -0.623. The molecule has 10 heteroatoms. The Labute approximate surface area is 146 Å². The largest absolute Gasteiger partial charge is 0.417 e. The van der Waals surface area contributed by atoms with Gasteiger partial charge in [0, 0.05) is 16.8 Å². The maximum atomic E-state index is 12.0. The molecule has 0 unspecified atom stereocenters. The number of nitrogens with zero attached hydrogens (tertiary/aromatic N) is 2. The Morgan fingerprint density at radius 2 is 1.21 bits per heavy atom. The Kier molecular flexibility index (Phi) is 7.39. The van der Waals surface area contributed by atoms with Crippen LogP contribution in [0, 0.1) is 0 Å². The van der Waals surface area contributed by atoms with Crippen molar-refractivity contribution in [2.75, 3.05) is 0 Å². The van der Waals surface area contributed by atoms with Crippen LogP contribution in [0.2, 0.25) is 0 Å². The number of aromatic nitrogens is 2. The van der Waals surface area contributed by atoms with Crippen LogP contribution in [0.5, 0.6) is 0 Å². The Hall–Kier alpha value is -1.43. The third-order valence-electron chi connectivity index (χ3n) is 2.60. The van der Waals surface area contributed by atoms with Crippen LogP contribution in [0.1, 0.15) is 22.5 Å². The predicted octanol–water partition coefficient (Wildman–Crippen LogP) is 4.63. The Morgan fingerprint density at radius 1 is 0.792 bits per heavy atom. The maximum Gasteiger partial charge on any atom is 0.417 e. The highest BCUT2D eigenvalue weighted by Crippen LogP contribution is 2.29. The molecular weight excluding hydrogens is 453 g/mol. The standard InChI is InChI=1S/C7H5F3IN.C7H6F3NO/c8-7(9,10)5-1-2-6(3-11)12-4-5;8-7(9,10)5-1-2-6(4-12)11-3-5/h1-2,4H,3H2;1-3,12H,4H2. The number of alkyl halides is 7. The summed E-state index contributed by atoms with van der Waals surface area (Å²) in [7, 11) is 0. The SMILES string of the molecule is FC(F)(F)c1ccc(CI)nc1.OCc1ccc(C(F)(F)F)cn1. The first-order chi connectivity index (χ1) is 11.1. The number of pyridine rings is 2. The van der Waals surface area contributed by atoms with Crippen molar-refractivity contribution >= 4 is 22.6 Å². The van der Waals surface area contributed by atoms with E-state index in [0.717, 1.165) is 24.4 Å².